The molecule has 0 unspecified atom stereocenters. The molecule has 3 heterocycles. The van der Waals surface area contributed by atoms with Crippen molar-refractivity contribution in [3.05, 3.63) is 60.0 Å². The zero-order chi connectivity index (χ0) is 19.8. The summed E-state index contributed by atoms with van der Waals surface area (Å²) in [7, 11) is 2.19. The number of aryl methyl sites for hydroxylation is 1. The van der Waals surface area contributed by atoms with Gasteiger partial charge in [-0.3, -0.25) is 0 Å². The minimum atomic E-state index is 0.931. The average molecular weight is 403 g/mol. The second kappa shape index (κ2) is 7.65. The van der Waals surface area contributed by atoms with Crippen LogP contribution in [0.4, 0.5) is 5.13 Å². The lowest BCUT2D eigenvalue weighted by atomic mass is 10.0. The molecule has 2 aromatic carbocycles. The maximum Gasteiger partial charge on any atom is 0.185 e. The van der Waals surface area contributed by atoms with Crippen LogP contribution in [0, 0.1) is 0 Å². The third-order valence-corrected chi connectivity index (χ3v) is 6.76. The van der Waals surface area contributed by atoms with Crippen molar-refractivity contribution < 1.29 is 0 Å². The molecule has 0 N–H and O–H groups in total. The molecule has 0 spiro atoms. The molecule has 29 heavy (non-hydrogen) atoms. The largest absolute Gasteiger partial charge is 0.346 e. The normalized spacial score (nSPS) is 15.3. The molecular weight excluding hydrogens is 376 g/mol. The van der Waals surface area contributed by atoms with Crippen LogP contribution in [-0.4, -0.2) is 47.7 Å². The third-order valence-electron chi connectivity index (χ3n) is 5.86. The van der Waals surface area contributed by atoms with Crippen LogP contribution in [0.1, 0.15) is 6.92 Å². The molecule has 2 aromatic heterocycles. The van der Waals surface area contributed by atoms with Gasteiger partial charge in [-0.25, -0.2) is 4.98 Å². The topological polar surface area (TPSA) is 24.3 Å². The second-order valence-electron chi connectivity index (χ2n) is 7.66. The van der Waals surface area contributed by atoms with Crippen LogP contribution < -0.4 is 4.90 Å². The quantitative estimate of drug-likeness (QED) is 0.469. The Morgan fingerprint density at radius 1 is 0.931 bits per heavy atom. The molecular formula is C24H26N4S. The third kappa shape index (κ3) is 3.24. The molecule has 4 nitrogen and oxygen atoms in total. The van der Waals surface area contributed by atoms with Gasteiger partial charge in [-0.15, -0.1) is 11.3 Å². The van der Waals surface area contributed by atoms with Crippen molar-refractivity contribution in [2.45, 2.75) is 13.5 Å². The predicted molar refractivity (Wildman–Crippen MR) is 124 cm³/mol. The molecule has 0 aliphatic carbocycles. The van der Waals surface area contributed by atoms with Crippen LogP contribution in [0.3, 0.4) is 0 Å². The van der Waals surface area contributed by atoms with Crippen LogP contribution in [-0.2, 0) is 6.54 Å². The molecule has 5 heteroatoms. The Hall–Kier alpha value is -2.63. The SMILES string of the molecule is CCn1c(-c2ccccc2)c(-c2csc(N3CCN(C)CC3)n2)c2ccccc21. The Bertz CT molecular complexity index is 1120. The highest BCUT2D eigenvalue weighted by atomic mass is 32.1. The van der Waals surface area contributed by atoms with Crippen molar-refractivity contribution >= 4 is 27.4 Å². The summed E-state index contributed by atoms with van der Waals surface area (Å²) >= 11 is 1.77. The number of hydrogen-bond donors (Lipinski definition) is 0. The van der Waals surface area contributed by atoms with Crippen LogP contribution in [0.25, 0.3) is 33.4 Å². The first-order chi connectivity index (χ1) is 14.3. The molecule has 0 bridgehead atoms. The van der Waals surface area contributed by atoms with E-state index >= 15 is 0 Å². The monoisotopic (exact) mass is 402 g/mol. The number of piperazine rings is 1. The van der Waals surface area contributed by atoms with Gasteiger partial charge in [0.1, 0.15) is 0 Å². The average Bonchev–Trinajstić information content (AvgIpc) is 3.37. The standard InChI is InChI=1S/C24H26N4S/c1-3-28-21-12-8-7-11-19(21)22(23(28)18-9-5-4-6-10-18)20-17-29-24(25-20)27-15-13-26(2)14-16-27/h4-12,17H,3,13-16H2,1-2H3. The Kier molecular flexibility index (Phi) is 4.86. The Morgan fingerprint density at radius 2 is 1.66 bits per heavy atom. The summed E-state index contributed by atoms with van der Waals surface area (Å²) < 4.78 is 2.43. The highest BCUT2D eigenvalue weighted by Gasteiger charge is 2.23. The Labute approximate surface area is 176 Å². The lowest BCUT2D eigenvalue weighted by Gasteiger charge is -2.32. The van der Waals surface area contributed by atoms with E-state index in [4.69, 9.17) is 4.98 Å². The number of likely N-dealkylation sites (N-methyl/N-ethyl adjacent to an activating group) is 1. The minimum absolute atomic E-state index is 0.931. The van der Waals surface area contributed by atoms with Crippen molar-refractivity contribution in [2.24, 2.45) is 0 Å². The maximum absolute atomic E-state index is 5.13. The van der Waals surface area contributed by atoms with E-state index in [2.05, 4.69) is 88.3 Å². The van der Waals surface area contributed by atoms with Gasteiger partial charge in [0, 0.05) is 54.6 Å². The van der Waals surface area contributed by atoms with Crippen molar-refractivity contribution in [1.29, 1.82) is 0 Å². The van der Waals surface area contributed by atoms with Crippen LogP contribution in [0.2, 0.25) is 0 Å². The summed E-state index contributed by atoms with van der Waals surface area (Å²) in [6, 6.07) is 19.4. The number of benzene rings is 2. The fourth-order valence-corrected chi connectivity index (χ4v) is 5.18. The first kappa shape index (κ1) is 18.4. The summed E-state index contributed by atoms with van der Waals surface area (Å²) in [5, 5.41) is 4.66. The van der Waals surface area contributed by atoms with Gasteiger partial charge < -0.3 is 14.4 Å². The summed E-state index contributed by atoms with van der Waals surface area (Å²) in [5.41, 5.74) is 6.13. The van der Waals surface area contributed by atoms with Crippen molar-refractivity contribution in [3.8, 4) is 22.5 Å². The number of anilines is 1. The van der Waals surface area contributed by atoms with Gasteiger partial charge in [-0.1, -0.05) is 48.5 Å². The Morgan fingerprint density at radius 3 is 2.41 bits per heavy atom. The maximum atomic E-state index is 5.13. The van der Waals surface area contributed by atoms with Gasteiger partial charge >= 0.3 is 0 Å². The summed E-state index contributed by atoms with van der Waals surface area (Å²) in [6.07, 6.45) is 0. The van der Waals surface area contributed by atoms with E-state index in [1.165, 1.54) is 27.7 Å². The lowest BCUT2D eigenvalue weighted by Crippen LogP contribution is -2.44. The van der Waals surface area contributed by atoms with Crippen LogP contribution in [0.15, 0.2) is 60.0 Å². The molecule has 1 aliphatic heterocycles. The molecule has 0 amide bonds. The van der Waals surface area contributed by atoms with E-state index in [1.807, 2.05) is 0 Å². The van der Waals surface area contributed by atoms with Gasteiger partial charge in [-0.2, -0.15) is 0 Å². The number of para-hydroxylation sites is 1. The van der Waals surface area contributed by atoms with E-state index < -0.39 is 0 Å². The number of fused-ring (bicyclic) bond motifs is 1. The molecule has 148 valence electrons. The summed E-state index contributed by atoms with van der Waals surface area (Å²) in [4.78, 5) is 9.93. The number of aromatic nitrogens is 2. The number of rotatable bonds is 4. The molecule has 4 aromatic rings. The van der Waals surface area contributed by atoms with Gasteiger partial charge in [0.15, 0.2) is 5.13 Å². The summed E-state index contributed by atoms with van der Waals surface area (Å²) in [6.45, 7) is 7.44. The lowest BCUT2D eigenvalue weighted by molar-refractivity contribution is 0.313. The highest BCUT2D eigenvalue weighted by molar-refractivity contribution is 7.14. The molecule has 0 radical (unpaired) electrons. The first-order valence-corrected chi connectivity index (χ1v) is 11.2. The first-order valence-electron chi connectivity index (χ1n) is 10.3. The molecule has 1 aliphatic rings. The zero-order valence-electron chi connectivity index (χ0n) is 17.0. The highest BCUT2D eigenvalue weighted by Crippen LogP contribution is 2.42. The minimum Gasteiger partial charge on any atom is -0.346 e. The Balaban J connectivity index is 1.67. The van der Waals surface area contributed by atoms with Gasteiger partial charge in [0.2, 0.25) is 0 Å². The van der Waals surface area contributed by atoms with Crippen molar-refractivity contribution in [3.63, 3.8) is 0 Å². The fourth-order valence-electron chi connectivity index (χ4n) is 4.31. The zero-order valence-corrected chi connectivity index (χ0v) is 17.8. The van der Waals surface area contributed by atoms with Crippen LogP contribution in [0.5, 0.6) is 0 Å². The van der Waals surface area contributed by atoms with Crippen LogP contribution >= 0.6 is 11.3 Å². The van der Waals surface area contributed by atoms with E-state index in [-0.39, 0.29) is 0 Å². The van der Waals surface area contributed by atoms with Gasteiger partial charge in [0.25, 0.3) is 0 Å². The van der Waals surface area contributed by atoms with Crippen molar-refractivity contribution in [2.75, 3.05) is 38.1 Å². The molecule has 5 rings (SSSR count). The molecule has 1 fully saturated rings. The molecule has 0 saturated carbocycles. The number of hydrogen-bond acceptors (Lipinski definition) is 4. The van der Waals surface area contributed by atoms with Crippen molar-refractivity contribution in [1.82, 2.24) is 14.5 Å². The second-order valence-corrected chi connectivity index (χ2v) is 8.49. The smallest absolute Gasteiger partial charge is 0.185 e. The van der Waals surface area contributed by atoms with E-state index in [0.29, 0.717) is 0 Å². The number of nitrogens with zero attached hydrogens (tertiary/aromatic N) is 4. The fraction of sp³-hybridized carbons (Fsp3) is 0.292. The van der Waals surface area contributed by atoms with Gasteiger partial charge in [-0.05, 0) is 25.6 Å². The predicted octanol–water partition coefficient (Wildman–Crippen LogP) is 5.20. The van der Waals surface area contributed by atoms with E-state index in [9.17, 15) is 0 Å². The van der Waals surface area contributed by atoms with E-state index in [1.54, 1.807) is 11.3 Å². The van der Waals surface area contributed by atoms with E-state index in [0.717, 1.165) is 43.5 Å². The summed E-state index contributed by atoms with van der Waals surface area (Å²) in [5.74, 6) is 0. The van der Waals surface area contributed by atoms with Gasteiger partial charge in [0.05, 0.1) is 11.4 Å². The number of thiazole rings is 1. The molecule has 0 atom stereocenters. The molecule has 1 saturated heterocycles.